The number of benzene rings is 1. The second-order valence-corrected chi connectivity index (χ2v) is 6.36. The van der Waals surface area contributed by atoms with Crippen molar-refractivity contribution in [1.29, 1.82) is 0 Å². The van der Waals surface area contributed by atoms with Crippen LogP contribution in [0.1, 0.15) is 5.56 Å². The summed E-state index contributed by atoms with van der Waals surface area (Å²) in [5, 5.41) is 10.5. The summed E-state index contributed by atoms with van der Waals surface area (Å²) in [5.41, 5.74) is 0.0905. The zero-order valence-corrected chi connectivity index (χ0v) is 10.3. The molecule has 0 saturated heterocycles. The molecule has 0 aromatic heterocycles. The van der Waals surface area contributed by atoms with E-state index in [0.29, 0.717) is 4.47 Å². The summed E-state index contributed by atoms with van der Waals surface area (Å²) >= 11 is 2.99. The lowest BCUT2D eigenvalue weighted by Crippen LogP contribution is -1.97. The first kappa shape index (κ1) is 12.4. The van der Waals surface area contributed by atoms with Crippen molar-refractivity contribution in [2.45, 2.75) is 5.75 Å². The predicted octanol–water partition coefficient (Wildman–Crippen LogP) is 2.43. The highest BCUT2D eigenvalue weighted by Gasteiger charge is 2.15. The van der Waals surface area contributed by atoms with E-state index in [1.807, 2.05) is 0 Å². The second-order valence-electron chi connectivity index (χ2n) is 2.73. The number of nitro groups is 1. The molecule has 0 amide bonds. The molecule has 1 aromatic carbocycles. The summed E-state index contributed by atoms with van der Waals surface area (Å²) in [6, 6.07) is 4.04. The van der Waals surface area contributed by atoms with Gasteiger partial charge in [-0.2, -0.15) is 0 Å². The van der Waals surface area contributed by atoms with Crippen LogP contribution in [0.5, 0.6) is 0 Å². The minimum atomic E-state index is -3.70. The van der Waals surface area contributed by atoms with Crippen molar-refractivity contribution in [2.24, 2.45) is 0 Å². The zero-order chi connectivity index (χ0) is 11.6. The summed E-state index contributed by atoms with van der Waals surface area (Å²) in [7, 11) is 1.33. The van der Waals surface area contributed by atoms with E-state index in [1.165, 1.54) is 18.2 Å². The van der Waals surface area contributed by atoms with Gasteiger partial charge < -0.3 is 0 Å². The van der Waals surface area contributed by atoms with Gasteiger partial charge in [-0.1, -0.05) is 6.07 Å². The SMILES string of the molecule is O=[N+]([O-])c1cc(CS(=O)(=O)Cl)ccc1Br. The van der Waals surface area contributed by atoms with Crippen LogP contribution in [0.25, 0.3) is 0 Å². The van der Waals surface area contributed by atoms with Crippen molar-refractivity contribution in [3.05, 3.63) is 38.3 Å². The summed E-state index contributed by atoms with van der Waals surface area (Å²) in [4.78, 5) is 9.93. The molecule has 0 aliphatic rings. The average molecular weight is 315 g/mol. The number of nitro benzene ring substituents is 1. The van der Waals surface area contributed by atoms with E-state index in [2.05, 4.69) is 15.9 Å². The quantitative estimate of drug-likeness (QED) is 0.488. The van der Waals surface area contributed by atoms with E-state index in [4.69, 9.17) is 10.7 Å². The largest absolute Gasteiger partial charge is 0.283 e. The van der Waals surface area contributed by atoms with Gasteiger partial charge in [0.05, 0.1) is 15.1 Å². The van der Waals surface area contributed by atoms with Crippen molar-refractivity contribution in [2.75, 3.05) is 0 Å². The van der Waals surface area contributed by atoms with Crippen LogP contribution in [0.2, 0.25) is 0 Å². The van der Waals surface area contributed by atoms with E-state index in [9.17, 15) is 18.5 Å². The van der Waals surface area contributed by atoms with Gasteiger partial charge in [0, 0.05) is 16.7 Å². The van der Waals surface area contributed by atoms with E-state index in [1.54, 1.807) is 0 Å². The molecule has 1 rings (SSSR count). The standard InChI is InChI=1S/C7H5BrClNO4S/c8-6-2-1-5(4-15(9,13)14)3-7(6)10(11)12/h1-3H,4H2. The summed E-state index contributed by atoms with van der Waals surface area (Å²) < 4.78 is 21.8. The Bertz CT molecular complexity index is 502. The van der Waals surface area contributed by atoms with Gasteiger partial charge in [-0.25, -0.2) is 8.42 Å². The molecule has 0 bridgehead atoms. The monoisotopic (exact) mass is 313 g/mol. The maximum atomic E-state index is 10.8. The van der Waals surface area contributed by atoms with Crippen molar-refractivity contribution >= 4 is 41.4 Å². The molecule has 82 valence electrons. The van der Waals surface area contributed by atoms with Crippen LogP contribution >= 0.6 is 26.6 Å². The van der Waals surface area contributed by atoms with E-state index < -0.39 is 19.7 Å². The molecule has 0 saturated carbocycles. The fraction of sp³-hybridized carbons (Fsp3) is 0.143. The molecule has 0 aliphatic carbocycles. The Hall–Kier alpha value is -0.660. The predicted molar refractivity (Wildman–Crippen MR) is 59.3 cm³/mol. The van der Waals surface area contributed by atoms with Gasteiger partial charge >= 0.3 is 0 Å². The Morgan fingerprint density at radius 1 is 1.47 bits per heavy atom. The molecule has 1 aromatic rings. The summed E-state index contributed by atoms with van der Waals surface area (Å²) in [6.45, 7) is 0. The third-order valence-electron chi connectivity index (χ3n) is 1.55. The highest BCUT2D eigenvalue weighted by atomic mass is 79.9. The van der Waals surface area contributed by atoms with Crippen LogP contribution in [0.4, 0.5) is 5.69 Å². The lowest BCUT2D eigenvalue weighted by Gasteiger charge is -1.99. The van der Waals surface area contributed by atoms with Crippen LogP contribution in [0.3, 0.4) is 0 Å². The fourth-order valence-electron chi connectivity index (χ4n) is 0.987. The lowest BCUT2D eigenvalue weighted by molar-refractivity contribution is -0.385. The van der Waals surface area contributed by atoms with Gasteiger partial charge in [-0.15, -0.1) is 0 Å². The molecular formula is C7H5BrClNO4S. The van der Waals surface area contributed by atoms with Gasteiger partial charge in [0.15, 0.2) is 0 Å². The summed E-state index contributed by atoms with van der Waals surface area (Å²) in [5.74, 6) is -0.428. The van der Waals surface area contributed by atoms with E-state index in [0.717, 1.165) is 0 Å². The maximum absolute atomic E-state index is 10.8. The van der Waals surface area contributed by atoms with Crippen molar-refractivity contribution in [1.82, 2.24) is 0 Å². The Morgan fingerprint density at radius 3 is 2.53 bits per heavy atom. The lowest BCUT2D eigenvalue weighted by atomic mass is 10.2. The number of halogens is 2. The van der Waals surface area contributed by atoms with Crippen LogP contribution in [-0.4, -0.2) is 13.3 Å². The Morgan fingerprint density at radius 2 is 2.07 bits per heavy atom. The molecule has 0 spiro atoms. The van der Waals surface area contributed by atoms with Gasteiger partial charge in [-0.3, -0.25) is 10.1 Å². The third-order valence-corrected chi connectivity index (χ3v) is 3.22. The first-order valence-corrected chi connectivity index (χ1v) is 6.92. The first-order chi connectivity index (χ1) is 6.79. The molecule has 0 fully saturated rings. The number of hydrogen-bond donors (Lipinski definition) is 0. The minimum absolute atomic E-state index is 0.187. The summed E-state index contributed by atoms with van der Waals surface area (Å²) in [6.07, 6.45) is 0. The molecule has 0 unspecified atom stereocenters. The zero-order valence-electron chi connectivity index (χ0n) is 7.18. The third kappa shape index (κ3) is 3.77. The van der Waals surface area contributed by atoms with Crippen LogP contribution in [0.15, 0.2) is 22.7 Å². The van der Waals surface area contributed by atoms with Gasteiger partial charge in [0.2, 0.25) is 9.05 Å². The molecule has 0 aliphatic heterocycles. The molecular weight excluding hydrogens is 310 g/mol. The highest BCUT2D eigenvalue weighted by Crippen LogP contribution is 2.26. The molecule has 15 heavy (non-hydrogen) atoms. The van der Waals surface area contributed by atoms with Crippen molar-refractivity contribution < 1.29 is 13.3 Å². The van der Waals surface area contributed by atoms with E-state index in [-0.39, 0.29) is 11.3 Å². The van der Waals surface area contributed by atoms with Crippen molar-refractivity contribution in [3.8, 4) is 0 Å². The van der Waals surface area contributed by atoms with Crippen LogP contribution in [-0.2, 0) is 14.8 Å². The first-order valence-electron chi connectivity index (χ1n) is 3.65. The van der Waals surface area contributed by atoms with Crippen LogP contribution in [0, 0.1) is 10.1 Å². The Kier molecular flexibility index (Phi) is 3.69. The maximum Gasteiger partial charge on any atom is 0.283 e. The number of hydrogen-bond acceptors (Lipinski definition) is 4. The van der Waals surface area contributed by atoms with Gasteiger partial charge in [0.1, 0.15) is 0 Å². The molecule has 0 heterocycles. The van der Waals surface area contributed by atoms with Gasteiger partial charge in [0.25, 0.3) is 5.69 Å². The molecule has 8 heteroatoms. The van der Waals surface area contributed by atoms with Crippen LogP contribution < -0.4 is 0 Å². The number of rotatable bonds is 3. The Labute approximate surface area is 98.7 Å². The topological polar surface area (TPSA) is 77.3 Å². The minimum Gasteiger partial charge on any atom is -0.258 e. The smallest absolute Gasteiger partial charge is 0.258 e. The van der Waals surface area contributed by atoms with E-state index >= 15 is 0 Å². The molecule has 0 atom stereocenters. The highest BCUT2D eigenvalue weighted by molar-refractivity contribution is 9.10. The van der Waals surface area contributed by atoms with Crippen molar-refractivity contribution in [3.63, 3.8) is 0 Å². The fourth-order valence-corrected chi connectivity index (χ4v) is 2.33. The number of nitrogens with zero attached hydrogens (tertiary/aromatic N) is 1. The molecule has 0 radical (unpaired) electrons. The normalized spacial score (nSPS) is 11.3. The second kappa shape index (κ2) is 4.46. The van der Waals surface area contributed by atoms with Gasteiger partial charge in [-0.05, 0) is 27.6 Å². The Balaban J connectivity index is 3.14. The molecule has 5 nitrogen and oxygen atoms in total. The molecule has 0 N–H and O–H groups in total. The average Bonchev–Trinajstić information content (AvgIpc) is 2.05.